The number of aliphatic carboxylic acids is 1. The molecule has 0 heterocycles. The number of carbonyl (C=O) groups excluding carboxylic acids is 1. The summed E-state index contributed by atoms with van der Waals surface area (Å²) in [4.78, 5) is 22.8. The van der Waals surface area contributed by atoms with Gasteiger partial charge in [-0.2, -0.15) is 0 Å². The van der Waals surface area contributed by atoms with Gasteiger partial charge < -0.3 is 15.2 Å². The molecule has 1 atom stereocenters. The number of hydrogen-bond acceptors (Lipinski definition) is 3. The topological polar surface area (TPSA) is 75.6 Å². The number of amides is 1. The quantitative estimate of drug-likeness (QED) is 0.517. The molecule has 0 saturated heterocycles. The molecule has 0 spiro atoms. The molecule has 5 nitrogen and oxygen atoms in total. The molecule has 0 radical (unpaired) electrons. The molecular weight excluding hydrogens is 350 g/mol. The molecule has 22 heavy (non-hydrogen) atoms. The predicted molar refractivity (Wildman–Crippen MR) is 87.9 cm³/mol. The number of benzene rings is 1. The molecule has 0 saturated carbocycles. The van der Waals surface area contributed by atoms with Crippen molar-refractivity contribution in [1.29, 1.82) is 0 Å². The Bertz CT molecular complexity index is 531. The van der Waals surface area contributed by atoms with Gasteiger partial charge >= 0.3 is 5.97 Å². The fourth-order valence-corrected chi connectivity index (χ4v) is 2.14. The van der Waals surface area contributed by atoms with E-state index < -0.39 is 12.0 Å². The van der Waals surface area contributed by atoms with Crippen molar-refractivity contribution in [3.8, 4) is 5.75 Å². The van der Waals surface area contributed by atoms with Crippen LogP contribution >= 0.6 is 15.9 Å². The molecule has 1 rings (SSSR count). The minimum atomic E-state index is -1.03. The highest BCUT2D eigenvalue weighted by Crippen LogP contribution is 2.23. The third kappa shape index (κ3) is 6.76. The van der Waals surface area contributed by atoms with E-state index in [9.17, 15) is 9.59 Å². The van der Waals surface area contributed by atoms with Gasteiger partial charge in [-0.05, 0) is 47.8 Å². The van der Waals surface area contributed by atoms with Crippen LogP contribution in [0.15, 0.2) is 40.9 Å². The van der Waals surface area contributed by atoms with Crippen LogP contribution in [0.2, 0.25) is 0 Å². The maximum Gasteiger partial charge on any atom is 0.326 e. The van der Waals surface area contributed by atoms with Gasteiger partial charge in [0.2, 0.25) is 5.91 Å². The maximum absolute atomic E-state index is 11.7. The number of para-hydroxylation sites is 1. The Hall–Kier alpha value is -1.82. The van der Waals surface area contributed by atoms with Crippen molar-refractivity contribution in [2.45, 2.75) is 32.2 Å². The van der Waals surface area contributed by atoms with Crippen LogP contribution < -0.4 is 10.1 Å². The zero-order valence-corrected chi connectivity index (χ0v) is 14.0. The molecule has 1 amide bonds. The highest BCUT2D eigenvalue weighted by Gasteiger charge is 2.17. The van der Waals surface area contributed by atoms with Crippen LogP contribution in [-0.2, 0) is 9.59 Å². The Balaban J connectivity index is 2.30. The minimum absolute atomic E-state index is 0.226. The van der Waals surface area contributed by atoms with Crippen LogP contribution in [0, 0.1) is 0 Å². The van der Waals surface area contributed by atoms with Crippen molar-refractivity contribution >= 4 is 27.8 Å². The molecule has 0 aromatic heterocycles. The molecular formula is C16H20BrNO4. The van der Waals surface area contributed by atoms with Crippen LogP contribution in [0.5, 0.6) is 5.75 Å². The lowest BCUT2D eigenvalue weighted by Gasteiger charge is -2.13. The molecule has 0 aliphatic rings. The van der Waals surface area contributed by atoms with Crippen LogP contribution in [0.3, 0.4) is 0 Å². The molecule has 0 aliphatic carbocycles. The maximum atomic E-state index is 11.7. The minimum Gasteiger partial charge on any atom is -0.492 e. The van der Waals surface area contributed by atoms with E-state index in [2.05, 4.69) is 21.2 Å². The Morgan fingerprint density at radius 1 is 1.41 bits per heavy atom. The predicted octanol–water partition coefficient (Wildman–Crippen LogP) is 3.14. The molecule has 1 aromatic carbocycles. The number of hydrogen-bond donors (Lipinski definition) is 2. The number of rotatable bonds is 9. The number of nitrogens with one attached hydrogen (secondary N) is 1. The van der Waals surface area contributed by atoms with E-state index in [0.717, 1.165) is 10.2 Å². The van der Waals surface area contributed by atoms with Gasteiger partial charge in [0.15, 0.2) is 0 Å². The Morgan fingerprint density at radius 2 is 2.14 bits per heavy atom. The second-order valence-electron chi connectivity index (χ2n) is 4.65. The van der Waals surface area contributed by atoms with Crippen molar-refractivity contribution < 1.29 is 19.4 Å². The van der Waals surface area contributed by atoms with E-state index >= 15 is 0 Å². The first-order chi connectivity index (χ1) is 10.5. The monoisotopic (exact) mass is 369 g/mol. The van der Waals surface area contributed by atoms with Crippen molar-refractivity contribution in [3.63, 3.8) is 0 Å². The summed E-state index contributed by atoms with van der Waals surface area (Å²) in [5.41, 5.74) is 0. The largest absolute Gasteiger partial charge is 0.492 e. The molecule has 120 valence electrons. The van der Waals surface area contributed by atoms with Gasteiger partial charge in [0.1, 0.15) is 11.8 Å². The first kappa shape index (κ1) is 18.2. The summed E-state index contributed by atoms with van der Waals surface area (Å²) >= 11 is 3.37. The number of carboxylic acid groups (broad SMARTS) is 1. The van der Waals surface area contributed by atoms with Gasteiger partial charge in [0, 0.05) is 6.42 Å². The zero-order chi connectivity index (χ0) is 16.4. The highest BCUT2D eigenvalue weighted by molar-refractivity contribution is 9.10. The molecule has 6 heteroatoms. The average molecular weight is 370 g/mol. The molecule has 1 unspecified atom stereocenters. The number of halogens is 1. The van der Waals surface area contributed by atoms with Crippen molar-refractivity contribution in [3.05, 3.63) is 40.9 Å². The van der Waals surface area contributed by atoms with Gasteiger partial charge in [0.05, 0.1) is 11.1 Å². The van der Waals surface area contributed by atoms with E-state index in [0.29, 0.717) is 13.0 Å². The molecule has 2 N–H and O–H groups in total. The molecule has 0 bridgehead atoms. The Labute approximate surface area is 138 Å². The number of carbonyl (C=O) groups is 2. The van der Waals surface area contributed by atoms with E-state index in [1.165, 1.54) is 0 Å². The standard InChI is InChI=1S/C16H20BrNO4/c1-2-3-8-13(16(20)21)18-15(19)10-6-11-22-14-9-5-4-7-12(14)17/h2-5,7,9,13H,6,8,10-11H2,1H3,(H,18,19)(H,20,21)/b3-2+. The molecule has 1 aromatic rings. The SMILES string of the molecule is C/C=C/CC(NC(=O)CCCOc1ccccc1Br)C(=O)O. The lowest BCUT2D eigenvalue weighted by Crippen LogP contribution is -2.40. The van der Waals surface area contributed by atoms with Gasteiger partial charge in [-0.15, -0.1) is 0 Å². The summed E-state index contributed by atoms with van der Waals surface area (Å²) in [6.45, 7) is 2.20. The summed E-state index contributed by atoms with van der Waals surface area (Å²) in [7, 11) is 0. The van der Waals surface area contributed by atoms with Gasteiger partial charge in [-0.1, -0.05) is 24.3 Å². The average Bonchev–Trinajstić information content (AvgIpc) is 2.49. The fourth-order valence-electron chi connectivity index (χ4n) is 1.74. The van der Waals surface area contributed by atoms with Crippen LogP contribution in [0.25, 0.3) is 0 Å². The van der Waals surface area contributed by atoms with Crippen molar-refractivity contribution in [1.82, 2.24) is 5.32 Å². The summed E-state index contributed by atoms with van der Waals surface area (Å²) in [5, 5.41) is 11.5. The fraction of sp³-hybridized carbons (Fsp3) is 0.375. The Kier molecular flexibility index (Phi) is 8.28. The van der Waals surface area contributed by atoms with Gasteiger partial charge in [-0.25, -0.2) is 4.79 Å². The van der Waals surface area contributed by atoms with Crippen molar-refractivity contribution in [2.75, 3.05) is 6.61 Å². The number of allylic oxidation sites excluding steroid dienone is 1. The second-order valence-corrected chi connectivity index (χ2v) is 5.50. The summed E-state index contributed by atoms with van der Waals surface area (Å²) in [6, 6.07) is 6.59. The Morgan fingerprint density at radius 3 is 2.77 bits per heavy atom. The zero-order valence-electron chi connectivity index (χ0n) is 12.4. The van der Waals surface area contributed by atoms with Crippen LogP contribution in [0.1, 0.15) is 26.2 Å². The van der Waals surface area contributed by atoms with Gasteiger partial charge in [0.25, 0.3) is 0 Å². The lowest BCUT2D eigenvalue weighted by atomic mass is 10.2. The summed E-state index contributed by atoms with van der Waals surface area (Å²) < 4.78 is 6.41. The van der Waals surface area contributed by atoms with E-state index in [1.807, 2.05) is 24.3 Å². The number of ether oxygens (including phenoxy) is 1. The van der Waals surface area contributed by atoms with E-state index in [4.69, 9.17) is 9.84 Å². The lowest BCUT2D eigenvalue weighted by molar-refractivity contribution is -0.141. The third-order valence-corrected chi connectivity index (χ3v) is 3.54. The second kappa shape index (κ2) is 10.00. The first-order valence-corrected chi connectivity index (χ1v) is 7.84. The third-order valence-electron chi connectivity index (χ3n) is 2.88. The molecule has 0 aliphatic heterocycles. The summed E-state index contributed by atoms with van der Waals surface area (Å²) in [6.07, 6.45) is 4.50. The van der Waals surface area contributed by atoms with E-state index in [1.54, 1.807) is 19.1 Å². The normalized spacial score (nSPS) is 12.1. The highest BCUT2D eigenvalue weighted by atomic mass is 79.9. The van der Waals surface area contributed by atoms with E-state index in [-0.39, 0.29) is 18.7 Å². The van der Waals surface area contributed by atoms with Gasteiger partial charge in [-0.3, -0.25) is 4.79 Å². The first-order valence-electron chi connectivity index (χ1n) is 7.05. The van der Waals surface area contributed by atoms with Crippen molar-refractivity contribution in [2.24, 2.45) is 0 Å². The summed E-state index contributed by atoms with van der Waals surface area (Å²) in [5.74, 6) is -0.594. The van der Waals surface area contributed by atoms with Crippen LogP contribution in [-0.4, -0.2) is 29.6 Å². The van der Waals surface area contributed by atoms with Crippen LogP contribution in [0.4, 0.5) is 0 Å². The number of carboxylic acids is 1. The smallest absolute Gasteiger partial charge is 0.326 e. The molecule has 0 fully saturated rings.